The number of benzene rings is 1. The summed E-state index contributed by atoms with van der Waals surface area (Å²) < 4.78 is 34.3. The van der Waals surface area contributed by atoms with Gasteiger partial charge in [0.25, 0.3) is 0 Å². The van der Waals surface area contributed by atoms with Crippen molar-refractivity contribution in [3.8, 4) is 17.1 Å². The summed E-state index contributed by atoms with van der Waals surface area (Å²) >= 11 is 0. The number of ether oxygens (including phenoxy) is 1. The molecule has 26 heavy (non-hydrogen) atoms. The first-order valence-electron chi connectivity index (χ1n) is 9.52. The minimum absolute atomic E-state index is 0.133. The topological polar surface area (TPSA) is 35.0 Å². The van der Waals surface area contributed by atoms with Crippen molar-refractivity contribution in [3.63, 3.8) is 0 Å². The third-order valence-electron chi connectivity index (χ3n) is 5.33. The van der Waals surface area contributed by atoms with Gasteiger partial charge in [0.2, 0.25) is 5.88 Å². The second kappa shape index (κ2) is 8.56. The van der Waals surface area contributed by atoms with Crippen LogP contribution in [0.25, 0.3) is 11.3 Å². The van der Waals surface area contributed by atoms with Crippen molar-refractivity contribution in [2.75, 3.05) is 6.61 Å². The number of hydrogen-bond donors (Lipinski definition) is 0. The van der Waals surface area contributed by atoms with E-state index < -0.39 is 11.6 Å². The summed E-state index contributed by atoms with van der Waals surface area (Å²) in [4.78, 5) is 0. The first-order chi connectivity index (χ1) is 12.6. The lowest BCUT2D eigenvalue weighted by Crippen LogP contribution is -2.13. The first kappa shape index (κ1) is 18.7. The van der Waals surface area contributed by atoms with E-state index in [1.54, 1.807) is 24.3 Å². The summed E-state index contributed by atoms with van der Waals surface area (Å²) in [7, 11) is 0. The third kappa shape index (κ3) is 4.37. The molecule has 0 unspecified atom stereocenters. The van der Waals surface area contributed by atoms with Gasteiger partial charge in [-0.25, -0.2) is 8.78 Å². The van der Waals surface area contributed by atoms with Gasteiger partial charge in [0.15, 0.2) is 11.6 Å². The molecule has 0 aliphatic heterocycles. The summed E-state index contributed by atoms with van der Waals surface area (Å²) in [5, 5.41) is 7.82. The molecule has 0 amide bonds. The highest BCUT2D eigenvalue weighted by Crippen LogP contribution is 2.32. The van der Waals surface area contributed by atoms with Crippen LogP contribution >= 0.6 is 0 Å². The van der Waals surface area contributed by atoms with Gasteiger partial charge in [0.05, 0.1) is 12.3 Å². The fraction of sp³-hybridized carbons (Fsp3) is 0.524. The number of aromatic nitrogens is 2. The van der Waals surface area contributed by atoms with E-state index in [1.165, 1.54) is 25.7 Å². The quantitative estimate of drug-likeness (QED) is 0.674. The highest BCUT2D eigenvalue weighted by atomic mass is 19.2. The Morgan fingerprint density at radius 3 is 2.42 bits per heavy atom. The molecule has 1 aromatic heterocycles. The average Bonchev–Trinajstić information content (AvgIpc) is 2.65. The maximum Gasteiger partial charge on any atom is 0.233 e. The minimum atomic E-state index is -0.849. The molecule has 5 heteroatoms. The zero-order chi connectivity index (χ0) is 18.5. The summed E-state index contributed by atoms with van der Waals surface area (Å²) in [6, 6.07) is 6.48. The molecule has 140 valence electrons. The molecule has 3 nitrogen and oxygen atoms in total. The van der Waals surface area contributed by atoms with Crippen LogP contribution in [-0.2, 0) is 6.42 Å². The van der Waals surface area contributed by atoms with Crippen molar-refractivity contribution < 1.29 is 13.5 Å². The number of aryl methyl sites for hydroxylation is 1. The van der Waals surface area contributed by atoms with Crippen LogP contribution in [0.1, 0.15) is 51.5 Å². The highest BCUT2D eigenvalue weighted by molar-refractivity contribution is 5.60. The number of hydrogen-bond acceptors (Lipinski definition) is 3. The second-order valence-corrected chi connectivity index (χ2v) is 7.25. The first-order valence-corrected chi connectivity index (χ1v) is 9.52. The maximum absolute atomic E-state index is 14.5. The molecule has 1 aromatic carbocycles. The lowest BCUT2D eigenvalue weighted by molar-refractivity contribution is 0.277. The summed E-state index contributed by atoms with van der Waals surface area (Å²) in [6.07, 6.45) is 6.40. The zero-order valence-corrected chi connectivity index (χ0v) is 15.5. The predicted molar refractivity (Wildman–Crippen MR) is 98.0 cm³/mol. The van der Waals surface area contributed by atoms with Gasteiger partial charge in [0, 0.05) is 11.6 Å². The third-order valence-corrected chi connectivity index (χ3v) is 5.33. The molecule has 1 heterocycles. The van der Waals surface area contributed by atoms with Gasteiger partial charge >= 0.3 is 0 Å². The summed E-state index contributed by atoms with van der Waals surface area (Å²) in [5.41, 5.74) is 0.884. The van der Waals surface area contributed by atoms with Crippen molar-refractivity contribution in [2.45, 2.75) is 52.4 Å². The molecule has 0 atom stereocenters. The largest absolute Gasteiger partial charge is 0.477 e. The summed E-state index contributed by atoms with van der Waals surface area (Å²) in [5.74, 6) is 0.191. The van der Waals surface area contributed by atoms with Crippen molar-refractivity contribution in [2.24, 2.45) is 11.8 Å². The monoisotopic (exact) mass is 360 g/mol. The molecule has 2 aromatic rings. The van der Waals surface area contributed by atoms with Gasteiger partial charge in [0.1, 0.15) is 0 Å². The molecule has 0 radical (unpaired) electrons. The Hall–Kier alpha value is -2.04. The zero-order valence-electron chi connectivity index (χ0n) is 15.5. The Labute approximate surface area is 153 Å². The van der Waals surface area contributed by atoms with E-state index in [1.807, 2.05) is 6.92 Å². The predicted octanol–water partition coefficient (Wildman–Crippen LogP) is 5.58. The maximum atomic E-state index is 14.5. The van der Waals surface area contributed by atoms with Gasteiger partial charge in [-0.05, 0) is 49.3 Å². The molecule has 1 fully saturated rings. The van der Waals surface area contributed by atoms with E-state index >= 15 is 0 Å². The fourth-order valence-corrected chi connectivity index (χ4v) is 3.65. The van der Waals surface area contributed by atoms with E-state index in [0.29, 0.717) is 36.1 Å². The van der Waals surface area contributed by atoms with E-state index in [0.717, 1.165) is 12.3 Å². The van der Waals surface area contributed by atoms with E-state index in [4.69, 9.17) is 4.74 Å². The van der Waals surface area contributed by atoms with Gasteiger partial charge in [-0.15, -0.1) is 10.2 Å². The lowest BCUT2D eigenvalue weighted by atomic mass is 9.80. The minimum Gasteiger partial charge on any atom is -0.477 e. The Kier molecular flexibility index (Phi) is 6.17. The molecule has 0 saturated heterocycles. The molecule has 1 aliphatic rings. The molecule has 0 spiro atoms. The van der Waals surface area contributed by atoms with Gasteiger partial charge in [-0.1, -0.05) is 38.7 Å². The van der Waals surface area contributed by atoms with Crippen molar-refractivity contribution in [3.05, 3.63) is 41.5 Å². The normalized spacial score (nSPS) is 20.2. The molecule has 3 rings (SSSR count). The molecular weight excluding hydrogens is 334 g/mol. The highest BCUT2D eigenvalue weighted by Gasteiger charge is 2.20. The van der Waals surface area contributed by atoms with Gasteiger partial charge in [-0.2, -0.15) is 0 Å². The average molecular weight is 360 g/mol. The van der Waals surface area contributed by atoms with Crippen LogP contribution in [0.3, 0.4) is 0 Å². The van der Waals surface area contributed by atoms with Crippen LogP contribution in [0, 0.1) is 23.5 Å². The molecule has 0 bridgehead atoms. The van der Waals surface area contributed by atoms with Crippen LogP contribution in [0.2, 0.25) is 0 Å². The van der Waals surface area contributed by atoms with E-state index in [-0.39, 0.29) is 5.56 Å². The fourth-order valence-electron chi connectivity index (χ4n) is 3.65. The number of halogens is 2. The van der Waals surface area contributed by atoms with Crippen LogP contribution in [0.15, 0.2) is 24.3 Å². The smallest absolute Gasteiger partial charge is 0.233 e. The Morgan fingerprint density at radius 1 is 1.00 bits per heavy atom. The standard InChI is InChI=1S/C21H26F2N2O/c1-3-26-19-13-12-18(24-25-19)17-11-10-16(20(22)21(17)23)9-8-15-6-4-14(2)5-7-15/h10-15H,3-9H2,1-2H3. The van der Waals surface area contributed by atoms with E-state index in [9.17, 15) is 8.78 Å². The number of rotatable bonds is 6. The Morgan fingerprint density at radius 2 is 1.77 bits per heavy atom. The SMILES string of the molecule is CCOc1ccc(-c2ccc(CCC3CCC(C)CC3)c(F)c2F)nn1. The molecule has 1 saturated carbocycles. The molecular formula is C21H26F2N2O. The second-order valence-electron chi connectivity index (χ2n) is 7.25. The van der Waals surface area contributed by atoms with Crippen molar-refractivity contribution in [1.82, 2.24) is 10.2 Å². The lowest BCUT2D eigenvalue weighted by Gasteiger charge is -2.26. The van der Waals surface area contributed by atoms with Crippen molar-refractivity contribution in [1.29, 1.82) is 0 Å². The van der Waals surface area contributed by atoms with E-state index in [2.05, 4.69) is 17.1 Å². The van der Waals surface area contributed by atoms with Crippen molar-refractivity contribution >= 4 is 0 Å². The van der Waals surface area contributed by atoms with Gasteiger partial charge < -0.3 is 4.74 Å². The Bertz CT molecular complexity index is 726. The molecule has 1 aliphatic carbocycles. The van der Waals surface area contributed by atoms with Crippen LogP contribution in [0.4, 0.5) is 8.78 Å². The summed E-state index contributed by atoms with van der Waals surface area (Å²) in [6.45, 7) is 4.61. The number of nitrogens with zero attached hydrogens (tertiary/aromatic N) is 2. The molecule has 0 N–H and O–H groups in total. The van der Waals surface area contributed by atoms with Crippen LogP contribution in [0.5, 0.6) is 5.88 Å². The Balaban J connectivity index is 1.69. The van der Waals surface area contributed by atoms with Crippen LogP contribution < -0.4 is 4.74 Å². The van der Waals surface area contributed by atoms with Gasteiger partial charge in [-0.3, -0.25) is 0 Å². The van der Waals surface area contributed by atoms with Crippen LogP contribution in [-0.4, -0.2) is 16.8 Å².